The summed E-state index contributed by atoms with van der Waals surface area (Å²) in [7, 11) is 1.62. The molecule has 2 atom stereocenters. The van der Waals surface area contributed by atoms with E-state index in [9.17, 15) is 4.79 Å². The summed E-state index contributed by atoms with van der Waals surface area (Å²) < 4.78 is 10.7. The first-order chi connectivity index (χ1) is 9.20. The number of hydrogen-bond acceptors (Lipinski definition) is 5. The second-order valence-electron chi connectivity index (χ2n) is 4.54. The Balaban J connectivity index is 1.83. The van der Waals surface area contributed by atoms with E-state index in [1.54, 1.807) is 36.5 Å². The van der Waals surface area contributed by atoms with Gasteiger partial charge in [-0.15, -0.1) is 0 Å². The largest absolute Gasteiger partial charge is 0.482 e. The lowest BCUT2D eigenvalue weighted by Gasteiger charge is -2.35. The van der Waals surface area contributed by atoms with Gasteiger partial charge in [-0.3, -0.25) is 9.78 Å². The molecule has 0 bridgehead atoms. The molecule has 2 N–H and O–H groups in total. The standard InChI is InChI=1S/C13H19N3O3/c1-18-12-8-16(6-4-11(12)14)13(17)9-19-10-3-2-5-15-7-10/h2-3,5,7,11-12H,4,6,8-9,14H2,1H3/t11-,12+/m1/s1. The number of ether oxygens (including phenoxy) is 2. The molecule has 0 saturated carbocycles. The number of pyridine rings is 1. The summed E-state index contributed by atoms with van der Waals surface area (Å²) in [5, 5.41) is 0. The molecule has 1 fully saturated rings. The molecule has 2 heterocycles. The van der Waals surface area contributed by atoms with Crippen LogP contribution in [0.15, 0.2) is 24.5 Å². The van der Waals surface area contributed by atoms with E-state index in [2.05, 4.69) is 4.98 Å². The van der Waals surface area contributed by atoms with Crippen molar-refractivity contribution in [3.63, 3.8) is 0 Å². The Kier molecular flexibility index (Phi) is 4.70. The fraction of sp³-hybridized carbons (Fsp3) is 0.538. The molecular weight excluding hydrogens is 246 g/mol. The maximum absolute atomic E-state index is 12.0. The summed E-state index contributed by atoms with van der Waals surface area (Å²) in [4.78, 5) is 17.7. The predicted octanol–water partition coefficient (Wildman–Crippen LogP) is 0.0350. The van der Waals surface area contributed by atoms with Gasteiger partial charge >= 0.3 is 0 Å². The normalized spacial score (nSPS) is 23.2. The van der Waals surface area contributed by atoms with Crippen LogP contribution in [0.1, 0.15) is 6.42 Å². The van der Waals surface area contributed by atoms with Crippen LogP contribution in [-0.4, -0.2) is 54.7 Å². The van der Waals surface area contributed by atoms with Crippen LogP contribution in [0.4, 0.5) is 0 Å². The van der Waals surface area contributed by atoms with Gasteiger partial charge in [0.2, 0.25) is 0 Å². The summed E-state index contributed by atoms with van der Waals surface area (Å²) in [6, 6.07) is 3.53. The highest BCUT2D eigenvalue weighted by Crippen LogP contribution is 2.13. The van der Waals surface area contributed by atoms with E-state index in [0.29, 0.717) is 18.8 Å². The topological polar surface area (TPSA) is 77.7 Å². The van der Waals surface area contributed by atoms with Crippen LogP contribution >= 0.6 is 0 Å². The highest BCUT2D eigenvalue weighted by Gasteiger charge is 2.29. The number of amides is 1. The lowest BCUT2D eigenvalue weighted by Crippen LogP contribution is -2.53. The average Bonchev–Trinajstić information content (AvgIpc) is 2.46. The van der Waals surface area contributed by atoms with E-state index in [4.69, 9.17) is 15.2 Å². The summed E-state index contributed by atoms with van der Waals surface area (Å²) in [5.41, 5.74) is 5.91. The second kappa shape index (κ2) is 6.49. The number of nitrogens with two attached hydrogens (primary N) is 1. The first-order valence-corrected chi connectivity index (χ1v) is 6.29. The number of hydrogen-bond donors (Lipinski definition) is 1. The van der Waals surface area contributed by atoms with E-state index < -0.39 is 0 Å². The minimum atomic E-state index is -0.101. The highest BCUT2D eigenvalue weighted by atomic mass is 16.5. The van der Waals surface area contributed by atoms with Crippen LogP contribution in [0.3, 0.4) is 0 Å². The molecule has 1 aromatic rings. The Labute approximate surface area is 112 Å². The quantitative estimate of drug-likeness (QED) is 0.831. The number of carbonyl (C=O) groups is 1. The smallest absolute Gasteiger partial charge is 0.260 e. The van der Waals surface area contributed by atoms with Crippen molar-refractivity contribution in [2.24, 2.45) is 5.73 Å². The average molecular weight is 265 g/mol. The molecule has 1 saturated heterocycles. The van der Waals surface area contributed by atoms with Crippen molar-refractivity contribution in [1.29, 1.82) is 0 Å². The first-order valence-electron chi connectivity index (χ1n) is 6.29. The summed E-state index contributed by atoms with van der Waals surface area (Å²) in [6.45, 7) is 1.18. The van der Waals surface area contributed by atoms with Crippen molar-refractivity contribution in [3.05, 3.63) is 24.5 Å². The van der Waals surface area contributed by atoms with Gasteiger partial charge in [0.1, 0.15) is 5.75 Å². The van der Waals surface area contributed by atoms with Gasteiger partial charge in [0.05, 0.1) is 12.3 Å². The van der Waals surface area contributed by atoms with Gasteiger partial charge in [-0.1, -0.05) is 0 Å². The van der Waals surface area contributed by atoms with Crippen molar-refractivity contribution in [1.82, 2.24) is 9.88 Å². The number of piperidine rings is 1. The van der Waals surface area contributed by atoms with Crippen LogP contribution in [-0.2, 0) is 9.53 Å². The minimum absolute atomic E-state index is 0.00621. The molecule has 2 rings (SSSR count). The van der Waals surface area contributed by atoms with Gasteiger partial charge in [0, 0.05) is 32.4 Å². The number of carbonyl (C=O) groups excluding carboxylic acids is 1. The van der Waals surface area contributed by atoms with Crippen LogP contribution in [0.5, 0.6) is 5.75 Å². The lowest BCUT2D eigenvalue weighted by atomic mass is 10.0. The summed E-state index contributed by atoms with van der Waals surface area (Å²) in [5.74, 6) is 0.533. The van der Waals surface area contributed by atoms with Crippen molar-refractivity contribution < 1.29 is 14.3 Å². The molecule has 1 amide bonds. The van der Waals surface area contributed by atoms with Crippen LogP contribution in [0.2, 0.25) is 0 Å². The van der Waals surface area contributed by atoms with Crippen molar-refractivity contribution in [2.45, 2.75) is 18.6 Å². The molecular formula is C13H19N3O3. The highest BCUT2D eigenvalue weighted by molar-refractivity contribution is 5.78. The maximum atomic E-state index is 12.0. The summed E-state index contributed by atoms with van der Waals surface area (Å²) in [6.07, 6.45) is 3.88. The minimum Gasteiger partial charge on any atom is -0.482 e. The van der Waals surface area contributed by atoms with E-state index in [0.717, 1.165) is 6.42 Å². The van der Waals surface area contributed by atoms with Gasteiger partial charge in [0.25, 0.3) is 5.91 Å². The molecule has 6 heteroatoms. The first kappa shape index (κ1) is 13.8. The molecule has 104 valence electrons. The number of nitrogens with zero attached hydrogens (tertiary/aromatic N) is 2. The Morgan fingerprint density at radius 2 is 2.47 bits per heavy atom. The molecule has 0 unspecified atom stereocenters. The molecule has 1 aromatic heterocycles. The maximum Gasteiger partial charge on any atom is 0.260 e. The fourth-order valence-corrected chi connectivity index (χ4v) is 2.08. The second-order valence-corrected chi connectivity index (χ2v) is 4.54. The Bertz CT molecular complexity index is 413. The molecule has 0 aromatic carbocycles. The van der Waals surface area contributed by atoms with Crippen molar-refractivity contribution in [2.75, 3.05) is 26.8 Å². The summed E-state index contributed by atoms with van der Waals surface area (Å²) >= 11 is 0. The van der Waals surface area contributed by atoms with Gasteiger partial charge < -0.3 is 20.1 Å². The third-order valence-electron chi connectivity index (χ3n) is 3.26. The zero-order valence-corrected chi connectivity index (χ0v) is 11.0. The van der Waals surface area contributed by atoms with Gasteiger partial charge in [-0.05, 0) is 18.6 Å². The Hall–Kier alpha value is -1.66. The molecule has 0 aliphatic carbocycles. The van der Waals surface area contributed by atoms with Crippen LogP contribution in [0, 0.1) is 0 Å². The fourth-order valence-electron chi connectivity index (χ4n) is 2.08. The Morgan fingerprint density at radius 1 is 1.63 bits per heavy atom. The van der Waals surface area contributed by atoms with E-state index in [1.165, 1.54) is 0 Å². The lowest BCUT2D eigenvalue weighted by molar-refractivity contribution is -0.137. The zero-order chi connectivity index (χ0) is 13.7. The third kappa shape index (κ3) is 3.65. The SMILES string of the molecule is CO[C@H]1CN(C(=O)COc2cccnc2)CC[C@H]1N. The number of aromatic nitrogens is 1. The molecule has 0 spiro atoms. The zero-order valence-electron chi connectivity index (χ0n) is 11.0. The third-order valence-corrected chi connectivity index (χ3v) is 3.26. The van der Waals surface area contributed by atoms with Crippen molar-refractivity contribution >= 4 is 5.91 Å². The van der Waals surface area contributed by atoms with Gasteiger partial charge in [-0.2, -0.15) is 0 Å². The molecule has 1 aliphatic rings. The molecule has 19 heavy (non-hydrogen) atoms. The van der Waals surface area contributed by atoms with Crippen molar-refractivity contribution in [3.8, 4) is 5.75 Å². The predicted molar refractivity (Wildman–Crippen MR) is 69.7 cm³/mol. The van der Waals surface area contributed by atoms with Gasteiger partial charge in [0.15, 0.2) is 6.61 Å². The number of methoxy groups -OCH3 is 1. The monoisotopic (exact) mass is 265 g/mol. The van der Waals surface area contributed by atoms with E-state index >= 15 is 0 Å². The van der Waals surface area contributed by atoms with E-state index in [1.807, 2.05) is 0 Å². The van der Waals surface area contributed by atoms with Gasteiger partial charge in [-0.25, -0.2) is 0 Å². The van der Waals surface area contributed by atoms with Crippen LogP contribution < -0.4 is 10.5 Å². The molecule has 6 nitrogen and oxygen atoms in total. The number of likely N-dealkylation sites (tertiary alicyclic amines) is 1. The Morgan fingerprint density at radius 3 is 3.16 bits per heavy atom. The van der Waals surface area contributed by atoms with Crippen LogP contribution in [0.25, 0.3) is 0 Å². The van der Waals surface area contributed by atoms with E-state index in [-0.39, 0.29) is 24.7 Å². The molecule has 1 aliphatic heterocycles. The molecule has 0 radical (unpaired) electrons. The number of rotatable bonds is 4.